The summed E-state index contributed by atoms with van der Waals surface area (Å²) < 4.78 is 5.55. The molecular formula is C20H23Cl2NO2. The maximum atomic E-state index is 13.6. The van der Waals surface area contributed by atoms with Crippen molar-refractivity contribution in [3.63, 3.8) is 0 Å². The van der Waals surface area contributed by atoms with Crippen LogP contribution in [0.3, 0.4) is 0 Å². The number of amides is 1. The monoisotopic (exact) mass is 379 g/mol. The second kappa shape index (κ2) is 7.43. The van der Waals surface area contributed by atoms with Crippen LogP contribution in [-0.2, 0) is 23.2 Å². The van der Waals surface area contributed by atoms with Crippen molar-refractivity contribution >= 4 is 29.1 Å². The molecule has 5 heteroatoms. The summed E-state index contributed by atoms with van der Waals surface area (Å²) in [6.07, 6.45) is 4.94. The SMILES string of the molecule is CCC(CC)(C(=O)N1CCCc2occc2C1)c1ccc(Cl)c(Cl)c1. The summed E-state index contributed by atoms with van der Waals surface area (Å²) in [5, 5.41) is 1.00. The van der Waals surface area contributed by atoms with Crippen molar-refractivity contribution < 1.29 is 9.21 Å². The Morgan fingerprint density at radius 2 is 1.96 bits per heavy atom. The van der Waals surface area contributed by atoms with Gasteiger partial charge in [0.15, 0.2) is 0 Å². The smallest absolute Gasteiger partial charge is 0.233 e. The van der Waals surface area contributed by atoms with Crippen molar-refractivity contribution in [3.8, 4) is 0 Å². The number of carbonyl (C=O) groups is 1. The summed E-state index contributed by atoms with van der Waals surface area (Å²) in [6, 6.07) is 7.53. The molecule has 0 unspecified atom stereocenters. The minimum atomic E-state index is -0.581. The number of carbonyl (C=O) groups excluding carboxylic acids is 1. The number of rotatable bonds is 4. The van der Waals surface area contributed by atoms with Gasteiger partial charge >= 0.3 is 0 Å². The average Bonchev–Trinajstić information content (AvgIpc) is 2.96. The van der Waals surface area contributed by atoms with Crippen molar-refractivity contribution in [2.24, 2.45) is 0 Å². The van der Waals surface area contributed by atoms with E-state index in [-0.39, 0.29) is 5.91 Å². The zero-order valence-electron chi connectivity index (χ0n) is 14.6. The summed E-state index contributed by atoms with van der Waals surface area (Å²) in [6.45, 7) is 5.47. The molecule has 0 atom stereocenters. The summed E-state index contributed by atoms with van der Waals surface area (Å²) >= 11 is 12.3. The Hall–Kier alpha value is -1.45. The Morgan fingerprint density at radius 1 is 1.20 bits per heavy atom. The van der Waals surface area contributed by atoms with E-state index in [4.69, 9.17) is 27.6 Å². The molecule has 1 aliphatic heterocycles. The number of benzene rings is 1. The first-order chi connectivity index (χ1) is 12.0. The third kappa shape index (κ3) is 3.32. The number of hydrogen-bond acceptors (Lipinski definition) is 2. The van der Waals surface area contributed by atoms with E-state index in [9.17, 15) is 4.79 Å². The van der Waals surface area contributed by atoms with Crippen molar-refractivity contribution in [2.45, 2.75) is 51.5 Å². The van der Waals surface area contributed by atoms with E-state index in [0.29, 0.717) is 16.6 Å². The van der Waals surface area contributed by atoms with E-state index in [1.807, 2.05) is 23.1 Å². The van der Waals surface area contributed by atoms with Gasteiger partial charge in [0.1, 0.15) is 5.76 Å². The zero-order valence-corrected chi connectivity index (χ0v) is 16.2. The molecule has 3 rings (SSSR count). The molecule has 0 bridgehead atoms. The minimum Gasteiger partial charge on any atom is -0.469 e. The van der Waals surface area contributed by atoms with Gasteiger partial charge in [0.25, 0.3) is 0 Å². The predicted octanol–water partition coefficient (Wildman–Crippen LogP) is 5.62. The van der Waals surface area contributed by atoms with Gasteiger partial charge in [-0.05, 0) is 43.0 Å². The van der Waals surface area contributed by atoms with Crippen LogP contribution < -0.4 is 0 Å². The minimum absolute atomic E-state index is 0.157. The van der Waals surface area contributed by atoms with E-state index in [2.05, 4.69) is 13.8 Å². The molecule has 134 valence electrons. The molecule has 0 N–H and O–H groups in total. The first-order valence-corrected chi connectivity index (χ1v) is 9.57. The highest BCUT2D eigenvalue weighted by molar-refractivity contribution is 6.42. The van der Waals surface area contributed by atoms with E-state index in [0.717, 1.165) is 49.1 Å². The maximum Gasteiger partial charge on any atom is 0.233 e. The lowest BCUT2D eigenvalue weighted by Gasteiger charge is -2.36. The number of fused-ring (bicyclic) bond motifs is 1. The lowest BCUT2D eigenvalue weighted by atomic mass is 9.74. The predicted molar refractivity (Wildman–Crippen MR) is 101 cm³/mol. The molecule has 0 fully saturated rings. The Balaban J connectivity index is 1.96. The lowest BCUT2D eigenvalue weighted by Crippen LogP contribution is -2.46. The van der Waals surface area contributed by atoms with E-state index in [1.54, 1.807) is 12.3 Å². The van der Waals surface area contributed by atoms with Gasteiger partial charge in [-0.3, -0.25) is 4.79 Å². The van der Waals surface area contributed by atoms with Crippen LogP contribution in [0.5, 0.6) is 0 Å². The van der Waals surface area contributed by atoms with Crippen LogP contribution in [0.4, 0.5) is 0 Å². The molecular weight excluding hydrogens is 357 g/mol. The molecule has 0 spiro atoms. The molecule has 0 radical (unpaired) electrons. The molecule has 1 aromatic heterocycles. The fourth-order valence-electron chi connectivity index (χ4n) is 3.80. The van der Waals surface area contributed by atoms with Crippen molar-refractivity contribution in [1.29, 1.82) is 0 Å². The molecule has 0 saturated heterocycles. The standard InChI is InChI=1S/C20H23Cl2NO2/c1-3-20(4-2,15-7-8-16(21)17(22)12-15)19(24)23-10-5-6-18-14(13-23)9-11-25-18/h7-9,11-12H,3-6,10,13H2,1-2H3. The van der Waals surface area contributed by atoms with Crippen LogP contribution in [0.1, 0.15) is 50.0 Å². The Kier molecular flexibility index (Phi) is 5.45. The van der Waals surface area contributed by atoms with Crippen molar-refractivity contribution in [2.75, 3.05) is 6.54 Å². The summed E-state index contributed by atoms with van der Waals surface area (Å²) in [4.78, 5) is 15.6. The molecule has 1 aliphatic rings. The largest absolute Gasteiger partial charge is 0.469 e. The van der Waals surface area contributed by atoms with E-state index in [1.165, 1.54) is 0 Å². The van der Waals surface area contributed by atoms with Crippen LogP contribution in [0.15, 0.2) is 34.9 Å². The van der Waals surface area contributed by atoms with Crippen LogP contribution in [0, 0.1) is 0 Å². The number of halogens is 2. The van der Waals surface area contributed by atoms with Gasteiger partial charge in [0.2, 0.25) is 5.91 Å². The second-order valence-corrected chi connectivity index (χ2v) is 7.43. The Labute approximate surface area is 158 Å². The zero-order chi connectivity index (χ0) is 18.0. The second-order valence-electron chi connectivity index (χ2n) is 6.62. The number of hydrogen-bond donors (Lipinski definition) is 0. The molecule has 1 amide bonds. The molecule has 3 nitrogen and oxygen atoms in total. The van der Waals surface area contributed by atoms with Crippen molar-refractivity contribution in [3.05, 3.63) is 57.5 Å². The fraction of sp³-hybridized carbons (Fsp3) is 0.450. The van der Waals surface area contributed by atoms with Gasteiger partial charge in [-0.25, -0.2) is 0 Å². The van der Waals surface area contributed by atoms with Crippen LogP contribution in [0.2, 0.25) is 10.0 Å². The van der Waals surface area contributed by atoms with Gasteiger partial charge < -0.3 is 9.32 Å². The average molecular weight is 380 g/mol. The summed E-state index contributed by atoms with van der Waals surface area (Å²) in [5.74, 6) is 1.16. The lowest BCUT2D eigenvalue weighted by molar-refractivity contribution is -0.138. The van der Waals surface area contributed by atoms with Crippen LogP contribution >= 0.6 is 23.2 Å². The highest BCUT2D eigenvalue weighted by Gasteiger charge is 2.40. The molecule has 0 aliphatic carbocycles. The van der Waals surface area contributed by atoms with Crippen LogP contribution in [-0.4, -0.2) is 17.4 Å². The van der Waals surface area contributed by atoms with Gasteiger partial charge in [0, 0.05) is 25.1 Å². The van der Waals surface area contributed by atoms with Gasteiger partial charge in [-0.15, -0.1) is 0 Å². The molecule has 0 saturated carbocycles. The quantitative estimate of drug-likeness (QED) is 0.690. The fourth-order valence-corrected chi connectivity index (χ4v) is 4.09. The van der Waals surface area contributed by atoms with Gasteiger partial charge in [-0.2, -0.15) is 0 Å². The molecule has 25 heavy (non-hydrogen) atoms. The normalized spacial score (nSPS) is 15.0. The first-order valence-electron chi connectivity index (χ1n) is 8.82. The maximum absolute atomic E-state index is 13.6. The molecule has 2 heterocycles. The molecule has 2 aromatic rings. The van der Waals surface area contributed by atoms with Gasteiger partial charge in [0.05, 0.1) is 21.7 Å². The number of aryl methyl sites for hydroxylation is 1. The van der Waals surface area contributed by atoms with Crippen LogP contribution in [0.25, 0.3) is 0 Å². The first kappa shape index (κ1) is 18.3. The molecule has 1 aromatic carbocycles. The topological polar surface area (TPSA) is 33.5 Å². The highest BCUT2D eigenvalue weighted by atomic mass is 35.5. The Morgan fingerprint density at radius 3 is 2.64 bits per heavy atom. The van der Waals surface area contributed by atoms with E-state index < -0.39 is 5.41 Å². The summed E-state index contributed by atoms with van der Waals surface area (Å²) in [5.41, 5.74) is 1.47. The number of furan rings is 1. The third-order valence-electron chi connectivity index (χ3n) is 5.41. The van der Waals surface area contributed by atoms with E-state index >= 15 is 0 Å². The van der Waals surface area contributed by atoms with Gasteiger partial charge in [-0.1, -0.05) is 43.1 Å². The summed E-state index contributed by atoms with van der Waals surface area (Å²) in [7, 11) is 0. The highest BCUT2D eigenvalue weighted by Crippen LogP contribution is 2.38. The third-order valence-corrected chi connectivity index (χ3v) is 6.15. The van der Waals surface area contributed by atoms with Crippen molar-refractivity contribution in [1.82, 2.24) is 4.90 Å². The Bertz CT molecular complexity index is 765. The number of nitrogens with zero attached hydrogens (tertiary/aromatic N) is 1.